The molecule has 9 rings (SSSR count). The molecule has 68 heavy (non-hydrogen) atoms. The summed E-state index contributed by atoms with van der Waals surface area (Å²) in [6.45, 7) is 7.63. The lowest BCUT2D eigenvalue weighted by atomic mass is 9.91. The Morgan fingerprint density at radius 2 is 0.926 bits per heavy atom. The predicted molar refractivity (Wildman–Crippen MR) is 264 cm³/mol. The number of aliphatic hydroxyl groups is 1. The molecule has 6 aromatic rings. The first kappa shape index (κ1) is 50.5. The van der Waals surface area contributed by atoms with E-state index in [0.29, 0.717) is 34.8 Å². The van der Waals surface area contributed by atoms with E-state index in [1.54, 1.807) is 21.3 Å². The molecule has 0 unspecified atom stereocenters. The number of rotatable bonds is 16. The molecule has 6 heterocycles. The van der Waals surface area contributed by atoms with Gasteiger partial charge in [-0.1, -0.05) is 20.6 Å². The molecule has 0 atom stereocenters. The summed E-state index contributed by atoms with van der Waals surface area (Å²) in [7, 11) is 11.4. The third kappa shape index (κ3) is 12.4. The number of piperidine rings is 3. The number of aryl methyl sites for hydroxylation is 3. The van der Waals surface area contributed by atoms with Crippen LogP contribution in [0.5, 0.6) is 17.2 Å². The predicted octanol–water partition coefficient (Wildman–Crippen LogP) is 9.09. The summed E-state index contributed by atoms with van der Waals surface area (Å²) >= 11 is 0. The van der Waals surface area contributed by atoms with Crippen LogP contribution >= 0.6 is 0 Å². The van der Waals surface area contributed by atoms with Gasteiger partial charge < -0.3 is 53.3 Å². The van der Waals surface area contributed by atoms with E-state index in [1.807, 2.05) is 36.4 Å². The molecule has 3 fully saturated rings. The van der Waals surface area contributed by atoms with Crippen molar-refractivity contribution in [2.75, 3.05) is 81.7 Å². The van der Waals surface area contributed by atoms with E-state index in [-0.39, 0.29) is 13.2 Å². The van der Waals surface area contributed by atoms with E-state index in [2.05, 4.69) is 61.3 Å². The minimum Gasteiger partial charge on any atom is -0.496 e. The van der Waals surface area contributed by atoms with Crippen molar-refractivity contribution in [3.05, 3.63) is 80.6 Å². The summed E-state index contributed by atoms with van der Waals surface area (Å²) in [5.74, 6) is 4.41. The number of nitrogens with two attached hydrogens (primary N) is 1. The number of aliphatic hydroxyl groups excluding tert-OH is 1. The Kier molecular flexibility index (Phi) is 18.4. The number of azide groups is 1. The third-order valence-electron chi connectivity index (χ3n) is 14.5. The van der Waals surface area contributed by atoms with Crippen LogP contribution in [0.25, 0.3) is 43.4 Å². The molecule has 0 radical (unpaired) electrons. The number of likely N-dealkylation sites (tertiary alicyclic amines) is 3. The maximum absolute atomic E-state index is 9.54. The molecule has 3 saturated heterocycles. The molecule has 368 valence electrons. The van der Waals surface area contributed by atoms with Gasteiger partial charge in [-0.15, -0.1) is 0 Å². The highest BCUT2D eigenvalue weighted by Crippen LogP contribution is 2.35. The van der Waals surface area contributed by atoms with Gasteiger partial charge in [-0.2, -0.15) is 0 Å². The first-order valence-electron chi connectivity index (χ1n) is 24.4. The van der Waals surface area contributed by atoms with E-state index in [9.17, 15) is 5.11 Å². The molecule has 0 amide bonds. The van der Waals surface area contributed by atoms with Gasteiger partial charge in [0.05, 0.1) is 62.7 Å². The molecule has 0 saturated carbocycles. The average molecular weight is 937 g/mol. The van der Waals surface area contributed by atoms with Crippen molar-refractivity contribution in [3.63, 3.8) is 0 Å². The molecule has 3 aliphatic rings. The molecule has 17 heteroatoms. The lowest BCUT2D eigenvalue weighted by molar-refractivity contribution is 0.212. The van der Waals surface area contributed by atoms with Gasteiger partial charge in [-0.25, -0.2) is 0 Å². The van der Waals surface area contributed by atoms with Gasteiger partial charge in [0, 0.05) is 33.2 Å². The van der Waals surface area contributed by atoms with Crippen LogP contribution in [0.2, 0.25) is 0 Å². The maximum atomic E-state index is 9.54. The van der Waals surface area contributed by atoms with Crippen molar-refractivity contribution < 1.29 is 32.9 Å². The van der Waals surface area contributed by atoms with Gasteiger partial charge in [0.15, 0.2) is 16.7 Å². The Bertz CT molecular complexity index is 2450. The van der Waals surface area contributed by atoms with Gasteiger partial charge >= 0.3 is 0 Å². The lowest BCUT2D eigenvalue weighted by Crippen LogP contribution is -2.30. The van der Waals surface area contributed by atoms with Crippen LogP contribution in [0, 0.1) is 17.8 Å². The van der Waals surface area contributed by atoms with Crippen LogP contribution in [0.15, 0.2) is 55.1 Å². The van der Waals surface area contributed by atoms with E-state index in [0.717, 1.165) is 106 Å². The SMILES string of the molecule is COc1ccc2c(CCC3CCN(C)CC3)noc2c1CN.COc1ccc2c(CCC3CCN(C)CC3)noc2c1CN=[N+]=[N-].COc1ccc2c(CCC3CCN(C)CC3)noc2c1CO. The number of nitrogens with zero attached hydrogens (tertiary/aromatic N) is 9. The van der Waals surface area contributed by atoms with Gasteiger partial charge in [0.1, 0.15) is 17.2 Å². The third-order valence-corrected chi connectivity index (χ3v) is 14.5. The highest BCUT2D eigenvalue weighted by molar-refractivity contribution is 5.86. The van der Waals surface area contributed by atoms with Gasteiger partial charge in [0.2, 0.25) is 0 Å². The second-order valence-corrected chi connectivity index (χ2v) is 18.9. The first-order chi connectivity index (χ1) is 33.2. The molecule has 3 aromatic heterocycles. The van der Waals surface area contributed by atoms with Gasteiger partial charge in [-0.05, 0) is 197 Å². The number of aromatic nitrogens is 3. The number of fused-ring (bicyclic) bond motifs is 3. The van der Waals surface area contributed by atoms with Crippen LogP contribution in [-0.4, -0.2) is 117 Å². The molecule has 17 nitrogen and oxygen atoms in total. The van der Waals surface area contributed by atoms with Crippen LogP contribution in [-0.2, 0) is 39.0 Å². The molecule has 0 aliphatic carbocycles. The zero-order valence-electron chi connectivity index (χ0n) is 41.0. The molecular weight excluding hydrogens is 865 g/mol. The van der Waals surface area contributed by atoms with Crippen LogP contribution in [0.4, 0.5) is 0 Å². The van der Waals surface area contributed by atoms with Crippen molar-refractivity contribution in [1.29, 1.82) is 0 Å². The Morgan fingerprint density at radius 3 is 1.26 bits per heavy atom. The average Bonchev–Trinajstić information content (AvgIpc) is 4.12. The second-order valence-electron chi connectivity index (χ2n) is 18.9. The van der Waals surface area contributed by atoms with E-state index >= 15 is 0 Å². The van der Waals surface area contributed by atoms with E-state index in [1.165, 1.54) is 84.2 Å². The van der Waals surface area contributed by atoms with Gasteiger partial charge in [0.25, 0.3) is 0 Å². The number of hydrogen-bond donors (Lipinski definition) is 2. The summed E-state index contributed by atoms with van der Waals surface area (Å²) in [6, 6.07) is 11.7. The van der Waals surface area contributed by atoms with Crippen molar-refractivity contribution in [2.45, 2.75) is 96.7 Å². The summed E-state index contributed by atoms with van der Waals surface area (Å²) in [5, 5.41) is 29.0. The summed E-state index contributed by atoms with van der Waals surface area (Å²) in [6.07, 6.45) is 13.9. The lowest BCUT2D eigenvalue weighted by Gasteiger charge is -2.28. The number of hydrogen-bond acceptors (Lipinski definition) is 15. The largest absolute Gasteiger partial charge is 0.496 e. The first-order valence-corrected chi connectivity index (χ1v) is 24.4. The number of benzene rings is 3. The Hall–Kier alpha value is -5.42. The zero-order valence-corrected chi connectivity index (χ0v) is 41.0. The Morgan fingerprint density at radius 1 is 0.588 bits per heavy atom. The summed E-state index contributed by atoms with van der Waals surface area (Å²) in [5.41, 5.74) is 21.9. The quantitative estimate of drug-likeness (QED) is 0.0527. The molecule has 3 aromatic carbocycles. The van der Waals surface area contributed by atoms with Crippen molar-refractivity contribution in [3.8, 4) is 17.2 Å². The summed E-state index contributed by atoms with van der Waals surface area (Å²) < 4.78 is 32.5. The van der Waals surface area contributed by atoms with Crippen LogP contribution < -0.4 is 19.9 Å². The highest BCUT2D eigenvalue weighted by Gasteiger charge is 2.23. The van der Waals surface area contributed by atoms with Crippen molar-refractivity contribution in [2.24, 2.45) is 28.6 Å². The fourth-order valence-electron chi connectivity index (χ4n) is 10.1. The van der Waals surface area contributed by atoms with Crippen LogP contribution in [0.1, 0.15) is 91.6 Å². The monoisotopic (exact) mass is 937 g/mol. The minimum absolute atomic E-state index is 0.107. The second kappa shape index (κ2) is 24.7. The topological polar surface area (TPSA) is 211 Å². The van der Waals surface area contributed by atoms with Crippen molar-refractivity contribution in [1.82, 2.24) is 30.2 Å². The Labute approximate surface area is 399 Å². The Balaban J connectivity index is 0.000000151. The number of ether oxygens (including phenoxy) is 3. The van der Waals surface area contributed by atoms with Crippen molar-refractivity contribution >= 4 is 32.9 Å². The fourth-order valence-corrected chi connectivity index (χ4v) is 10.1. The highest BCUT2D eigenvalue weighted by atomic mass is 16.5. The normalized spacial score (nSPS) is 16.9. The fraction of sp³-hybridized carbons (Fsp3) is 0.588. The molecule has 0 bridgehead atoms. The van der Waals surface area contributed by atoms with Gasteiger partial charge in [-0.3, -0.25) is 0 Å². The zero-order chi connectivity index (χ0) is 48.0. The van der Waals surface area contributed by atoms with Crippen LogP contribution in [0.3, 0.4) is 0 Å². The smallest absolute Gasteiger partial charge is 0.176 e. The molecular formula is C51H72N10O7. The van der Waals surface area contributed by atoms with E-state index < -0.39 is 0 Å². The summed E-state index contributed by atoms with van der Waals surface area (Å²) in [4.78, 5) is 10.0. The molecule has 3 aliphatic heterocycles. The maximum Gasteiger partial charge on any atom is 0.176 e. The standard InChI is InChI=1S/C17H23N5O2.C17H25N3O2.C17H24N2O3/c1-22-9-7-12(8-10-22)3-5-15-13-4-6-16(23-2)14(11-19-21-18)17(13)24-20-15;1-20-9-7-12(8-10-20)3-5-15-13-4-6-16(21-2)14(11-18)17(13)22-19-15;1-19-9-7-12(8-10-19)3-5-15-13-4-6-16(21-2)14(11-20)17(13)22-18-15/h4,6,12H,3,5,7-11H2,1-2H3;4,6,12H,3,5,7-11,18H2,1-2H3;4,6,12,20H,3,5,7-11H2,1-2H3. The number of methoxy groups -OCH3 is 3. The van der Waals surface area contributed by atoms with E-state index in [4.69, 9.17) is 39.0 Å². The molecule has 0 spiro atoms. The minimum atomic E-state index is -0.107. The molecule has 3 N–H and O–H groups in total.